The van der Waals surface area contributed by atoms with Crippen molar-refractivity contribution < 1.29 is 19.4 Å². The highest BCUT2D eigenvalue weighted by atomic mass is 16.5. The van der Waals surface area contributed by atoms with Gasteiger partial charge in [0.05, 0.1) is 36.2 Å². The van der Waals surface area contributed by atoms with Crippen LogP contribution < -0.4 is 4.74 Å². The summed E-state index contributed by atoms with van der Waals surface area (Å²) in [5.74, 6) is -0.402. The largest absolute Gasteiger partial charge is 0.492 e. The standard InChI is InChI=1S/C30H32N4O4/c1-33(2)30(37)22-9-5-8-21(17-22)27(18-29(35)36)34-26-11-6-12-28(24(26)19-31-34)38-16-15-23-14-13-20-7-3-4-10-25(20)32-23/h5-6,8-9,11-14,17,19,27H,3-4,7,10,15-16,18H2,1-2H3,(H,35,36). The van der Waals surface area contributed by atoms with Crippen LogP contribution in [0.15, 0.2) is 60.8 Å². The van der Waals surface area contributed by atoms with Gasteiger partial charge in [-0.15, -0.1) is 0 Å². The van der Waals surface area contributed by atoms with Crippen molar-refractivity contribution in [1.82, 2.24) is 19.7 Å². The number of carboxylic acids is 1. The van der Waals surface area contributed by atoms with Crippen molar-refractivity contribution in [3.8, 4) is 5.75 Å². The molecule has 0 spiro atoms. The third-order valence-corrected chi connectivity index (χ3v) is 7.04. The highest BCUT2D eigenvalue weighted by Gasteiger charge is 2.23. The Morgan fingerprint density at radius 3 is 2.71 bits per heavy atom. The molecule has 1 aliphatic rings. The first-order chi connectivity index (χ1) is 18.4. The van der Waals surface area contributed by atoms with Crippen LogP contribution in [-0.4, -0.2) is 57.3 Å². The number of benzene rings is 2. The quantitative estimate of drug-likeness (QED) is 0.349. The van der Waals surface area contributed by atoms with E-state index in [1.165, 1.54) is 29.0 Å². The van der Waals surface area contributed by atoms with Crippen LogP contribution in [0.25, 0.3) is 10.9 Å². The number of nitrogens with zero attached hydrogens (tertiary/aromatic N) is 4. The summed E-state index contributed by atoms with van der Waals surface area (Å²) in [5.41, 5.74) is 5.59. The second kappa shape index (κ2) is 11.0. The van der Waals surface area contributed by atoms with Gasteiger partial charge in [0.15, 0.2) is 0 Å². The van der Waals surface area contributed by atoms with E-state index >= 15 is 0 Å². The maximum Gasteiger partial charge on any atom is 0.305 e. The number of aromatic nitrogens is 3. The molecule has 1 amide bonds. The molecule has 0 saturated carbocycles. The summed E-state index contributed by atoms with van der Waals surface area (Å²) in [7, 11) is 3.38. The van der Waals surface area contributed by atoms with Crippen molar-refractivity contribution in [2.24, 2.45) is 0 Å². The SMILES string of the molecule is CN(C)C(=O)c1cccc(C(CC(=O)O)n2ncc3c(OCCc4ccc5c(n4)CCCC5)cccc32)c1. The second-order valence-corrected chi connectivity index (χ2v) is 9.93. The van der Waals surface area contributed by atoms with E-state index in [0.29, 0.717) is 29.9 Å². The highest BCUT2D eigenvalue weighted by Crippen LogP contribution is 2.31. The smallest absolute Gasteiger partial charge is 0.305 e. The molecule has 38 heavy (non-hydrogen) atoms. The van der Waals surface area contributed by atoms with Crippen molar-refractivity contribution in [2.75, 3.05) is 20.7 Å². The molecule has 196 valence electrons. The maximum absolute atomic E-state index is 12.5. The first kappa shape index (κ1) is 25.4. The molecule has 0 fully saturated rings. The van der Waals surface area contributed by atoms with E-state index in [0.717, 1.165) is 29.4 Å². The number of aliphatic carboxylic acids is 1. The van der Waals surface area contributed by atoms with Crippen molar-refractivity contribution in [1.29, 1.82) is 0 Å². The van der Waals surface area contributed by atoms with Crippen molar-refractivity contribution in [2.45, 2.75) is 44.6 Å². The number of fused-ring (bicyclic) bond motifs is 2. The Morgan fingerprint density at radius 1 is 1.08 bits per heavy atom. The molecule has 5 rings (SSSR count). The van der Waals surface area contributed by atoms with E-state index in [1.54, 1.807) is 43.2 Å². The van der Waals surface area contributed by atoms with Gasteiger partial charge in [-0.25, -0.2) is 0 Å². The van der Waals surface area contributed by atoms with Gasteiger partial charge in [-0.2, -0.15) is 5.10 Å². The van der Waals surface area contributed by atoms with Gasteiger partial charge >= 0.3 is 5.97 Å². The van der Waals surface area contributed by atoms with Crippen molar-refractivity contribution in [3.63, 3.8) is 0 Å². The zero-order valence-corrected chi connectivity index (χ0v) is 21.8. The zero-order chi connectivity index (χ0) is 26.6. The average molecular weight is 513 g/mol. The number of ether oxygens (including phenoxy) is 1. The Hall–Kier alpha value is -4.20. The molecular formula is C30H32N4O4. The normalized spacial score (nSPS) is 13.6. The molecule has 8 nitrogen and oxygen atoms in total. The monoisotopic (exact) mass is 512 g/mol. The number of hydrogen-bond donors (Lipinski definition) is 1. The minimum absolute atomic E-state index is 0.143. The summed E-state index contributed by atoms with van der Waals surface area (Å²) in [6, 6.07) is 16.5. The molecule has 2 heterocycles. The summed E-state index contributed by atoms with van der Waals surface area (Å²) < 4.78 is 7.87. The first-order valence-corrected chi connectivity index (χ1v) is 13.0. The van der Waals surface area contributed by atoms with E-state index in [2.05, 4.69) is 17.2 Å². The van der Waals surface area contributed by atoms with E-state index in [4.69, 9.17) is 9.72 Å². The van der Waals surface area contributed by atoms with Gasteiger partial charge in [-0.1, -0.05) is 24.3 Å². The fourth-order valence-corrected chi connectivity index (χ4v) is 5.10. The number of carboxylic acid groups (broad SMARTS) is 1. The van der Waals surface area contributed by atoms with Crippen LogP contribution in [0.3, 0.4) is 0 Å². The fraction of sp³-hybridized carbons (Fsp3) is 0.333. The third kappa shape index (κ3) is 5.39. The van der Waals surface area contributed by atoms with Gasteiger partial charge in [-0.3, -0.25) is 19.3 Å². The molecule has 1 N–H and O–H groups in total. The molecule has 1 unspecified atom stereocenters. The summed E-state index contributed by atoms with van der Waals surface area (Å²) in [5, 5.41) is 15.1. The number of carbonyl (C=O) groups is 2. The summed E-state index contributed by atoms with van der Waals surface area (Å²) >= 11 is 0. The van der Waals surface area contributed by atoms with Crippen LogP contribution in [0.4, 0.5) is 0 Å². The summed E-state index contributed by atoms with van der Waals surface area (Å²) in [6.07, 6.45) is 6.84. The van der Waals surface area contributed by atoms with E-state index in [1.807, 2.05) is 24.3 Å². The Kier molecular flexibility index (Phi) is 7.40. The number of hydrogen-bond acceptors (Lipinski definition) is 5. The van der Waals surface area contributed by atoms with E-state index in [-0.39, 0.29) is 12.3 Å². The molecular weight excluding hydrogens is 480 g/mol. The molecule has 0 bridgehead atoms. The minimum Gasteiger partial charge on any atom is -0.492 e. The molecule has 2 aromatic heterocycles. The number of aryl methyl sites for hydroxylation is 2. The van der Waals surface area contributed by atoms with Crippen LogP contribution in [0.5, 0.6) is 5.75 Å². The van der Waals surface area contributed by atoms with Crippen LogP contribution in [0.2, 0.25) is 0 Å². The molecule has 4 aromatic rings. The van der Waals surface area contributed by atoms with Gasteiger partial charge in [0.1, 0.15) is 5.75 Å². The number of pyridine rings is 1. The molecule has 0 saturated heterocycles. The summed E-state index contributed by atoms with van der Waals surface area (Å²) in [6.45, 7) is 0.476. The van der Waals surface area contributed by atoms with Crippen LogP contribution in [-0.2, 0) is 24.1 Å². The zero-order valence-electron chi connectivity index (χ0n) is 21.8. The third-order valence-electron chi connectivity index (χ3n) is 7.04. The first-order valence-electron chi connectivity index (χ1n) is 13.0. The molecule has 1 atom stereocenters. The lowest BCUT2D eigenvalue weighted by Gasteiger charge is -2.19. The van der Waals surface area contributed by atoms with Crippen LogP contribution >= 0.6 is 0 Å². The van der Waals surface area contributed by atoms with Gasteiger partial charge in [0.25, 0.3) is 5.91 Å². The van der Waals surface area contributed by atoms with Gasteiger partial charge in [0, 0.05) is 37.5 Å². The molecule has 1 aliphatic carbocycles. The highest BCUT2D eigenvalue weighted by molar-refractivity contribution is 5.94. The second-order valence-electron chi connectivity index (χ2n) is 9.93. The van der Waals surface area contributed by atoms with E-state index < -0.39 is 12.0 Å². The fourth-order valence-electron chi connectivity index (χ4n) is 5.10. The number of rotatable bonds is 9. The number of carbonyl (C=O) groups excluding carboxylic acids is 1. The Balaban J connectivity index is 1.39. The topological polar surface area (TPSA) is 97.6 Å². The van der Waals surface area contributed by atoms with E-state index in [9.17, 15) is 14.7 Å². The van der Waals surface area contributed by atoms with Gasteiger partial charge in [-0.05, 0) is 67.1 Å². The molecule has 0 aliphatic heterocycles. The Bertz CT molecular complexity index is 1480. The maximum atomic E-state index is 12.5. The molecule has 0 radical (unpaired) electrons. The summed E-state index contributed by atoms with van der Waals surface area (Å²) in [4.78, 5) is 30.7. The minimum atomic E-state index is -0.951. The average Bonchev–Trinajstić information content (AvgIpc) is 3.36. The number of amides is 1. The lowest BCUT2D eigenvalue weighted by molar-refractivity contribution is -0.137. The van der Waals surface area contributed by atoms with Crippen LogP contribution in [0, 0.1) is 0 Å². The van der Waals surface area contributed by atoms with Gasteiger partial charge in [0.2, 0.25) is 0 Å². The molecule has 8 heteroatoms. The van der Waals surface area contributed by atoms with Crippen molar-refractivity contribution >= 4 is 22.8 Å². The Labute approximate surface area is 221 Å². The Morgan fingerprint density at radius 2 is 1.89 bits per heavy atom. The lowest BCUT2D eigenvalue weighted by Crippen LogP contribution is -2.22. The molecule has 2 aromatic carbocycles. The van der Waals surface area contributed by atoms with Crippen molar-refractivity contribution in [3.05, 3.63) is 88.9 Å². The predicted octanol–water partition coefficient (Wildman–Crippen LogP) is 4.70. The van der Waals surface area contributed by atoms with Gasteiger partial charge < -0.3 is 14.7 Å². The predicted molar refractivity (Wildman–Crippen MR) is 145 cm³/mol. The lowest BCUT2D eigenvalue weighted by atomic mass is 9.96. The van der Waals surface area contributed by atoms with Crippen LogP contribution in [0.1, 0.15) is 58.2 Å².